The van der Waals surface area contributed by atoms with Crippen molar-refractivity contribution in [3.63, 3.8) is 0 Å². The number of benzene rings is 3. The third-order valence-corrected chi connectivity index (χ3v) is 6.36. The molecule has 0 fully saturated rings. The molecule has 0 aliphatic carbocycles. The van der Waals surface area contributed by atoms with Crippen LogP contribution in [0.4, 0.5) is 17.2 Å². The van der Waals surface area contributed by atoms with Gasteiger partial charge in [-0.1, -0.05) is 45.0 Å². The number of hydrogen-bond donors (Lipinski definition) is 2. The molecule has 1 heterocycles. The molecule has 7 nitrogen and oxygen atoms in total. The number of nitrogens with one attached hydrogen (secondary N) is 1. The van der Waals surface area contributed by atoms with Gasteiger partial charge in [-0.25, -0.2) is 4.98 Å². The quantitative estimate of drug-likeness (QED) is 0.279. The summed E-state index contributed by atoms with van der Waals surface area (Å²) in [6, 6.07) is 24.0. The number of hydrogen-bond acceptors (Lipinski definition) is 7. The molecule has 0 bridgehead atoms. The number of rotatable bonds is 7. The maximum atomic E-state index is 9.84. The van der Waals surface area contributed by atoms with Gasteiger partial charge in [-0.05, 0) is 59.0 Å². The van der Waals surface area contributed by atoms with Crippen LogP contribution in [0.1, 0.15) is 31.9 Å². The predicted octanol–water partition coefficient (Wildman–Crippen LogP) is 6.94. The molecule has 0 saturated carbocycles. The summed E-state index contributed by atoms with van der Waals surface area (Å²) in [6.45, 7) is 6.59. The van der Waals surface area contributed by atoms with E-state index in [-0.39, 0.29) is 11.2 Å². The van der Waals surface area contributed by atoms with Crippen LogP contribution in [0.25, 0.3) is 22.4 Å². The van der Waals surface area contributed by atoms with E-state index in [1.807, 2.05) is 30.3 Å². The Kier molecular flexibility index (Phi) is 7.45. The summed E-state index contributed by atoms with van der Waals surface area (Å²) < 4.78 is 16.4. The highest BCUT2D eigenvalue weighted by molar-refractivity contribution is 5.82. The molecule has 3 aromatic carbocycles. The molecular weight excluding hydrogens is 476 g/mol. The molecule has 3 N–H and O–H groups in total. The van der Waals surface area contributed by atoms with Crippen LogP contribution in [-0.2, 0) is 5.41 Å². The highest BCUT2D eigenvalue weighted by Gasteiger charge is 2.18. The molecule has 4 aromatic rings. The van der Waals surface area contributed by atoms with Crippen LogP contribution in [-0.4, -0.2) is 26.3 Å². The van der Waals surface area contributed by atoms with Crippen LogP contribution < -0.4 is 25.3 Å². The lowest BCUT2D eigenvalue weighted by Gasteiger charge is -2.19. The van der Waals surface area contributed by atoms with Gasteiger partial charge < -0.3 is 25.3 Å². The third kappa shape index (κ3) is 5.35. The summed E-state index contributed by atoms with van der Waals surface area (Å²) in [4.78, 5) is 4.50. The summed E-state index contributed by atoms with van der Waals surface area (Å²) in [6.07, 6.45) is 0. The molecule has 4 rings (SSSR count). The highest BCUT2D eigenvalue weighted by Crippen LogP contribution is 2.42. The van der Waals surface area contributed by atoms with Crippen molar-refractivity contribution in [2.75, 3.05) is 32.4 Å². The number of aromatic nitrogens is 1. The Morgan fingerprint density at radius 3 is 1.82 bits per heavy atom. The molecule has 0 spiro atoms. The van der Waals surface area contributed by atoms with Gasteiger partial charge in [-0.3, -0.25) is 0 Å². The Labute approximate surface area is 223 Å². The van der Waals surface area contributed by atoms with Gasteiger partial charge in [0.15, 0.2) is 11.5 Å². The van der Waals surface area contributed by atoms with E-state index in [0.29, 0.717) is 39.6 Å². The van der Waals surface area contributed by atoms with E-state index >= 15 is 0 Å². The molecule has 0 radical (unpaired) electrons. The van der Waals surface area contributed by atoms with Crippen molar-refractivity contribution in [1.29, 1.82) is 5.26 Å². The predicted molar refractivity (Wildman–Crippen MR) is 152 cm³/mol. The Morgan fingerprint density at radius 1 is 0.789 bits per heavy atom. The van der Waals surface area contributed by atoms with Crippen molar-refractivity contribution in [1.82, 2.24) is 4.98 Å². The van der Waals surface area contributed by atoms with E-state index < -0.39 is 0 Å². The maximum Gasteiger partial charge on any atom is 0.203 e. The average molecular weight is 509 g/mol. The second-order valence-corrected chi connectivity index (χ2v) is 9.87. The molecule has 0 atom stereocenters. The molecule has 0 aliphatic heterocycles. The minimum atomic E-state index is 0.103. The second-order valence-electron chi connectivity index (χ2n) is 9.87. The van der Waals surface area contributed by atoms with Gasteiger partial charge >= 0.3 is 0 Å². The van der Waals surface area contributed by atoms with Crippen molar-refractivity contribution >= 4 is 17.2 Å². The number of methoxy groups -OCH3 is 3. The van der Waals surface area contributed by atoms with Crippen molar-refractivity contribution in [2.24, 2.45) is 0 Å². The molecule has 0 amide bonds. The summed E-state index contributed by atoms with van der Waals surface area (Å²) in [5, 5.41) is 13.3. The van der Waals surface area contributed by atoms with Crippen LogP contribution in [0.15, 0.2) is 66.7 Å². The van der Waals surface area contributed by atoms with Gasteiger partial charge in [0.05, 0.1) is 27.0 Å². The minimum absolute atomic E-state index is 0.103. The summed E-state index contributed by atoms with van der Waals surface area (Å²) >= 11 is 0. The fourth-order valence-corrected chi connectivity index (χ4v) is 4.24. The first-order valence-corrected chi connectivity index (χ1v) is 12.2. The first-order chi connectivity index (χ1) is 18.2. The minimum Gasteiger partial charge on any atom is -0.493 e. The highest BCUT2D eigenvalue weighted by atomic mass is 16.5. The summed E-state index contributed by atoms with van der Waals surface area (Å²) in [7, 11) is 4.67. The normalized spacial score (nSPS) is 11.0. The first-order valence-electron chi connectivity index (χ1n) is 12.2. The largest absolute Gasteiger partial charge is 0.493 e. The first kappa shape index (κ1) is 26.4. The van der Waals surface area contributed by atoms with Crippen molar-refractivity contribution in [2.45, 2.75) is 26.2 Å². The Hall–Kier alpha value is -4.70. The number of nitrogens with zero attached hydrogens (tertiary/aromatic N) is 2. The Bertz CT molecular complexity index is 1460. The van der Waals surface area contributed by atoms with E-state index in [1.165, 1.54) is 5.56 Å². The standard InChI is InChI=1S/C31H32N4O3/c1-31(2,3)21-9-13-23(14-10-21)34-22-11-7-19(8-12-22)24-17-26(35-30(33)25(24)18-32)20-15-27(36-4)29(38-6)28(16-20)37-5/h7-17,34H,1-6H3,(H2,33,35). The molecular formula is C31H32N4O3. The third-order valence-electron chi connectivity index (χ3n) is 6.36. The van der Waals surface area contributed by atoms with Crippen molar-refractivity contribution in [3.8, 4) is 45.7 Å². The fourth-order valence-electron chi connectivity index (χ4n) is 4.24. The molecule has 7 heteroatoms. The van der Waals surface area contributed by atoms with Crippen molar-refractivity contribution in [3.05, 3.63) is 77.9 Å². The Balaban J connectivity index is 1.69. The smallest absolute Gasteiger partial charge is 0.203 e. The number of anilines is 3. The van der Waals surface area contributed by atoms with Gasteiger partial charge in [0.25, 0.3) is 0 Å². The average Bonchev–Trinajstić information content (AvgIpc) is 2.92. The maximum absolute atomic E-state index is 9.84. The lowest BCUT2D eigenvalue weighted by atomic mass is 9.87. The van der Waals surface area contributed by atoms with E-state index in [9.17, 15) is 5.26 Å². The fraction of sp³-hybridized carbons (Fsp3) is 0.226. The zero-order valence-corrected chi connectivity index (χ0v) is 22.5. The number of nitrogen functional groups attached to an aromatic ring is 1. The van der Waals surface area contributed by atoms with Gasteiger partial charge in [0.2, 0.25) is 5.75 Å². The van der Waals surface area contributed by atoms with Crippen LogP contribution in [0.3, 0.4) is 0 Å². The molecule has 0 unspecified atom stereocenters. The number of pyridine rings is 1. The number of ether oxygens (including phenoxy) is 3. The zero-order valence-electron chi connectivity index (χ0n) is 22.5. The lowest BCUT2D eigenvalue weighted by Crippen LogP contribution is -2.10. The van der Waals surface area contributed by atoms with Crippen LogP contribution in [0.2, 0.25) is 0 Å². The van der Waals surface area contributed by atoms with E-state index in [1.54, 1.807) is 33.5 Å². The van der Waals surface area contributed by atoms with Gasteiger partial charge in [0, 0.05) is 22.5 Å². The summed E-state index contributed by atoms with van der Waals surface area (Å²) in [5.41, 5.74) is 12.7. The van der Waals surface area contributed by atoms with E-state index in [4.69, 9.17) is 19.9 Å². The topological polar surface area (TPSA) is 102 Å². The van der Waals surface area contributed by atoms with Crippen LogP contribution >= 0.6 is 0 Å². The number of nitrogens with two attached hydrogens (primary N) is 1. The molecule has 38 heavy (non-hydrogen) atoms. The monoisotopic (exact) mass is 508 g/mol. The molecule has 194 valence electrons. The van der Waals surface area contributed by atoms with Gasteiger partial charge in [0.1, 0.15) is 17.5 Å². The SMILES string of the molecule is COc1cc(-c2cc(-c3ccc(Nc4ccc(C(C)(C)C)cc4)cc3)c(C#N)c(N)n2)cc(OC)c1OC. The van der Waals surface area contributed by atoms with Crippen molar-refractivity contribution < 1.29 is 14.2 Å². The second kappa shape index (κ2) is 10.7. The zero-order chi connectivity index (χ0) is 27.4. The number of nitriles is 1. The van der Waals surface area contributed by atoms with Gasteiger partial charge in [-0.15, -0.1) is 0 Å². The van der Waals surface area contributed by atoms with Gasteiger partial charge in [-0.2, -0.15) is 5.26 Å². The van der Waals surface area contributed by atoms with Crippen LogP contribution in [0.5, 0.6) is 17.2 Å². The summed E-state index contributed by atoms with van der Waals surface area (Å²) in [5.74, 6) is 1.63. The van der Waals surface area contributed by atoms with E-state index in [2.05, 4.69) is 61.4 Å². The Morgan fingerprint density at radius 2 is 1.34 bits per heavy atom. The molecule has 0 saturated heterocycles. The van der Waals surface area contributed by atoms with Crippen LogP contribution in [0, 0.1) is 11.3 Å². The lowest BCUT2D eigenvalue weighted by molar-refractivity contribution is 0.324. The van der Waals surface area contributed by atoms with E-state index in [0.717, 1.165) is 16.9 Å². The molecule has 0 aliphatic rings. The molecule has 1 aromatic heterocycles.